The lowest BCUT2D eigenvalue weighted by molar-refractivity contribution is -0.147. The van der Waals surface area contributed by atoms with Crippen molar-refractivity contribution in [1.29, 1.82) is 0 Å². The number of allylic oxidation sites excluding steroid dienone is 1. The summed E-state index contributed by atoms with van der Waals surface area (Å²) in [7, 11) is 0. The van der Waals surface area contributed by atoms with Gasteiger partial charge in [-0.15, -0.1) is 0 Å². The van der Waals surface area contributed by atoms with Gasteiger partial charge in [0.2, 0.25) is 11.8 Å². The topological polar surface area (TPSA) is 142 Å². The van der Waals surface area contributed by atoms with E-state index in [1.165, 1.54) is 57.8 Å². The molecule has 0 bridgehead atoms. The molecule has 0 aliphatic carbocycles. The van der Waals surface area contributed by atoms with E-state index in [0.717, 1.165) is 51.4 Å². The lowest BCUT2D eigenvalue weighted by Gasteiger charge is -2.15. The molecule has 0 aromatic carbocycles. The van der Waals surface area contributed by atoms with E-state index in [-0.39, 0.29) is 30.9 Å². The Morgan fingerprint density at radius 3 is 1.90 bits per heavy atom. The first kappa shape index (κ1) is 38.6. The number of carboxylic acids is 1. The van der Waals surface area contributed by atoms with Gasteiger partial charge in [-0.25, -0.2) is 4.79 Å². The third kappa shape index (κ3) is 25.0. The van der Waals surface area contributed by atoms with Crippen molar-refractivity contribution < 1.29 is 34.1 Å². The molecule has 2 atom stereocenters. The molecule has 2 unspecified atom stereocenters. The van der Waals surface area contributed by atoms with Gasteiger partial charge in [-0.3, -0.25) is 14.4 Å². The number of amides is 2. The molecular formula is C32H58N2O7. The number of nitrogens with one attached hydrogen (secondary N) is 2. The van der Waals surface area contributed by atoms with Crippen molar-refractivity contribution in [3.63, 3.8) is 0 Å². The third-order valence-corrected chi connectivity index (χ3v) is 7.00. The lowest BCUT2D eigenvalue weighted by Crippen LogP contribution is -2.47. The second kappa shape index (κ2) is 27.7. The van der Waals surface area contributed by atoms with Crippen LogP contribution in [0.25, 0.3) is 0 Å². The lowest BCUT2D eigenvalue weighted by atomic mass is 10.1. The summed E-state index contributed by atoms with van der Waals surface area (Å²) in [4.78, 5) is 47.0. The van der Waals surface area contributed by atoms with Crippen LogP contribution in [0.3, 0.4) is 0 Å². The summed E-state index contributed by atoms with van der Waals surface area (Å²) < 4.78 is 5.81. The molecule has 9 nitrogen and oxygen atoms in total. The second-order valence-corrected chi connectivity index (χ2v) is 10.9. The molecule has 41 heavy (non-hydrogen) atoms. The number of ether oxygens (including phenoxy) is 1. The quantitative estimate of drug-likeness (QED) is 0.0505. The van der Waals surface area contributed by atoms with E-state index in [2.05, 4.69) is 30.6 Å². The van der Waals surface area contributed by atoms with E-state index in [9.17, 15) is 19.2 Å². The minimum absolute atomic E-state index is 0.119. The average molecular weight is 583 g/mol. The highest BCUT2D eigenvalue weighted by atomic mass is 16.5. The number of rotatable bonds is 28. The van der Waals surface area contributed by atoms with Crippen LogP contribution in [0, 0.1) is 0 Å². The molecule has 2 amide bonds. The van der Waals surface area contributed by atoms with Gasteiger partial charge < -0.3 is 25.6 Å². The van der Waals surface area contributed by atoms with Crippen molar-refractivity contribution in [2.24, 2.45) is 0 Å². The Morgan fingerprint density at radius 1 is 0.732 bits per heavy atom. The third-order valence-electron chi connectivity index (χ3n) is 7.00. The van der Waals surface area contributed by atoms with Gasteiger partial charge in [-0.05, 0) is 44.6 Å². The number of unbranched alkanes of at least 4 members (excludes halogenated alkanes) is 14. The smallest absolute Gasteiger partial charge is 0.328 e. The fourth-order valence-corrected chi connectivity index (χ4v) is 4.45. The molecule has 9 heteroatoms. The van der Waals surface area contributed by atoms with Crippen molar-refractivity contribution in [3.8, 4) is 0 Å². The van der Waals surface area contributed by atoms with Gasteiger partial charge in [0.05, 0.1) is 13.2 Å². The van der Waals surface area contributed by atoms with Gasteiger partial charge in [0, 0.05) is 12.8 Å². The number of carbonyl (C=O) groups excluding carboxylic acids is 3. The van der Waals surface area contributed by atoms with Crippen LogP contribution in [0.15, 0.2) is 12.2 Å². The maximum absolute atomic E-state index is 12.5. The summed E-state index contributed by atoms with van der Waals surface area (Å²) in [5.74, 6) is -2.41. The minimum atomic E-state index is -1.39. The number of carboxylic acid groups (broad SMARTS) is 1. The van der Waals surface area contributed by atoms with Gasteiger partial charge in [0.15, 0.2) is 0 Å². The van der Waals surface area contributed by atoms with Crippen LogP contribution in [0.2, 0.25) is 0 Å². The van der Waals surface area contributed by atoms with E-state index < -0.39 is 24.5 Å². The van der Waals surface area contributed by atoms with Gasteiger partial charge in [-0.1, -0.05) is 97.0 Å². The molecule has 0 aromatic rings. The van der Waals surface area contributed by atoms with Crippen LogP contribution >= 0.6 is 0 Å². The van der Waals surface area contributed by atoms with E-state index in [0.29, 0.717) is 12.8 Å². The number of hydrogen-bond acceptors (Lipinski definition) is 6. The Kier molecular flexibility index (Phi) is 26.1. The Balaban J connectivity index is 4.27. The zero-order valence-corrected chi connectivity index (χ0v) is 25.8. The number of hydrogen-bond donors (Lipinski definition) is 4. The van der Waals surface area contributed by atoms with Crippen LogP contribution in [-0.2, 0) is 23.9 Å². The molecule has 238 valence electrons. The number of aliphatic hydroxyl groups excluding tert-OH is 1. The van der Waals surface area contributed by atoms with E-state index in [1.807, 2.05) is 6.08 Å². The van der Waals surface area contributed by atoms with Gasteiger partial charge in [-0.2, -0.15) is 0 Å². The second-order valence-electron chi connectivity index (χ2n) is 10.9. The largest absolute Gasteiger partial charge is 0.480 e. The summed E-state index contributed by atoms with van der Waals surface area (Å²) in [6, 6.07) is -1.39. The van der Waals surface area contributed by atoms with Crippen LogP contribution in [-0.4, -0.2) is 59.3 Å². The molecule has 0 heterocycles. The zero-order chi connectivity index (χ0) is 30.6. The maximum Gasteiger partial charge on any atom is 0.328 e. The molecule has 0 aromatic heterocycles. The molecule has 0 saturated heterocycles. The Hall–Kier alpha value is -2.42. The molecule has 0 saturated carbocycles. The van der Waals surface area contributed by atoms with E-state index >= 15 is 0 Å². The molecule has 0 fully saturated rings. The Morgan fingerprint density at radius 2 is 1.29 bits per heavy atom. The first-order chi connectivity index (χ1) is 19.8. The highest BCUT2D eigenvalue weighted by Gasteiger charge is 2.18. The summed E-state index contributed by atoms with van der Waals surface area (Å²) in [6.45, 7) is 3.36. The highest BCUT2D eigenvalue weighted by molar-refractivity contribution is 5.87. The first-order valence-corrected chi connectivity index (χ1v) is 16.1. The highest BCUT2D eigenvalue weighted by Crippen LogP contribution is 2.15. The average Bonchev–Trinajstić information content (AvgIpc) is 2.95. The fraction of sp³-hybridized carbons (Fsp3) is 0.812. The molecule has 0 rings (SSSR count). The van der Waals surface area contributed by atoms with E-state index in [1.54, 1.807) is 0 Å². The normalized spacial score (nSPS) is 12.7. The van der Waals surface area contributed by atoms with Gasteiger partial charge in [0.1, 0.15) is 12.1 Å². The molecule has 0 aliphatic heterocycles. The standard InChI is InChI=1S/C32H58N2O7/c1-3-5-7-9-11-12-14-20-24-31(38)41-27(21-17-13-10-8-6-4-2)22-18-15-16-19-23-29(36)33-25-30(37)34-28(26-35)32(39)40/h17,21,27-28,35H,3-16,18-20,22-26H2,1-2H3,(H,33,36)(H,34,37)(H,39,40)/b21-17-. The van der Waals surface area contributed by atoms with Crippen molar-refractivity contribution in [2.75, 3.05) is 13.2 Å². The summed E-state index contributed by atoms with van der Waals surface area (Å²) in [5, 5.41) is 22.4. The van der Waals surface area contributed by atoms with Crippen LogP contribution in [0.5, 0.6) is 0 Å². The molecular weight excluding hydrogens is 524 g/mol. The number of aliphatic hydroxyl groups is 1. The number of esters is 1. The van der Waals surface area contributed by atoms with Gasteiger partial charge in [0.25, 0.3) is 0 Å². The summed E-state index contributed by atoms with van der Waals surface area (Å²) in [6.07, 6.45) is 24.1. The Bertz CT molecular complexity index is 727. The summed E-state index contributed by atoms with van der Waals surface area (Å²) >= 11 is 0. The van der Waals surface area contributed by atoms with Crippen LogP contribution in [0.1, 0.15) is 142 Å². The number of aliphatic carboxylic acids is 1. The monoisotopic (exact) mass is 582 g/mol. The fourth-order valence-electron chi connectivity index (χ4n) is 4.45. The molecule has 0 radical (unpaired) electrons. The minimum Gasteiger partial charge on any atom is -0.480 e. The number of carbonyl (C=O) groups is 4. The molecule has 0 spiro atoms. The SMILES string of the molecule is CCCCCC/C=C\C(CCCCCCC(=O)NCC(=O)NC(CO)C(=O)O)OC(=O)CCCCCCCCCC. The predicted molar refractivity (Wildman–Crippen MR) is 162 cm³/mol. The van der Waals surface area contributed by atoms with Gasteiger partial charge >= 0.3 is 11.9 Å². The zero-order valence-electron chi connectivity index (χ0n) is 25.8. The van der Waals surface area contributed by atoms with Crippen LogP contribution in [0.4, 0.5) is 0 Å². The van der Waals surface area contributed by atoms with Crippen LogP contribution < -0.4 is 10.6 Å². The molecule has 4 N–H and O–H groups in total. The maximum atomic E-state index is 12.5. The van der Waals surface area contributed by atoms with E-state index in [4.69, 9.17) is 14.9 Å². The summed E-state index contributed by atoms with van der Waals surface area (Å²) in [5.41, 5.74) is 0. The van der Waals surface area contributed by atoms with Crippen molar-refractivity contribution in [3.05, 3.63) is 12.2 Å². The van der Waals surface area contributed by atoms with Crippen molar-refractivity contribution >= 4 is 23.8 Å². The van der Waals surface area contributed by atoms with Crippen molar-refractivity contribution in [1.82, 2.24) is 10.6 Å². The predicted octanol–water partition coefficient (Wildman–Crippen LogP) is 5.97. The molecule has 0 aliphatic rings. The first-order valence-electron chi connectivity index (χ1n) is 16.1. The van der Waals surface area contributed by atoms with Crippen molar-refractivity contribution in [2.45, 2.75) is 154 Å². The Labute approximate surface area is 248 Å².